The molecule has 0 bridgehead atoms. The van der Waals surface area contributed by atoms with Gasteiger partial charge in [0, 0.05) is 11.3 Å². The zero-order valence-electron chi connectivity index (χ0n) is 28.3. The predicted octanol–water partition coefficient (Wildman–Crippen LogP) is 9.52. The van der Waals surface area contributed by atoms with Gasteiger partial charge in [-0.2, -0.15) is 26.3 Å². The molecule has 0 aromatic heterocycles. The van der Waals surface area contributed by atoms with Crippen LogP contribution in [0.15, 0.2) is 164 Å². The molecular formula is C42H32F6N3O2P. The van der Waals surface area contributed by atoms with Gasteiger partial charge in [0.2, 0.25) is 0 Å². The fourth-order valence-corrected chi connectivity index (χ4v) is 8.48. The van der Waals surface area contributed by atoms with Gasteiger partial charge in [0.05, 0.1) is 23.2 Å². The molecule has 6 rings (SSSR count). The highest BCUT2D eigenvalue weighted by molar-refractivity contribution is 7.80. The van der Waals surface area contributed by atoms with E-state index in [2.05, 4.69) is 16.0 Å². The summed E-state index contributed by atoms with van der Waals surface area (Å²) < 4.78 is 81.6. The standard InChI is InChI=1S/C42H32F6N3O2P/c43-41(44,45)30-25-31(42(46,47)48)27-32(26-30)49-40(53)51-38(29-17-7-2-8-18-29)37(28-15-5-1-6-16-28)50-39(52)35-23-13-14-24-36(35)54(33-19-9-3-10-20-33)34-21-11-4-12-22-34/h1-27,37-38H,(H,50,52)(H2,49,51,53)/t37-,38-/m1/s1. The predicted molar refractivity (Wildman–Crippen MR) is 200 cm³/mol. The van der Waals surface area contributed by atoms with Gasteiger partial charge in [-0.05, 0) is 59.2 Å². The highest BCUT2D eigenvalue weighted by Crippen LogP contribution is 2.38. The van der Waals surface area contributed by atoms with Crippen molar-refractivity contribution in [3.05, 3.63) is 192 Å². The molecule has 0 fully saturated rings. The lowest BCUT2D eigenvalue weighted by molar-refractivity contribution is -0.143. The first-order chi connectivity index (χ1) is 25.9. The molecule has 2 atom stereocenters. The maximum absolute atomic E-state index is 14.5. The van der Waals surface area contributed by atoms with Gasteiger partial charge in [0.25, 0.3) is 5.91 Å². The molecule has 6 aromatic rings. The summed E-state index contributed by atoms with van der Waals surface area (Å²) in [5.74, 6) is -0.463. The quantitative estimate of drug-likeness (QED) is 0.0964. The number of urea groups is 1. The Kier molecular flexibility index (Phi) is 11.5. The normalized spacial score (nSPS) is 12.8. The van der Waals surface area contributed by atoms with E-state index in [4.69, 9.17) is 0 Å². The highest BCUT2D eigenvalue weighted by atomic mass is 31.1. The first-order valence-corrected chi connectivity index (χ1v) is 18.0. The average Bonchev–Trinajstić information content (AvgIpc) is 3.17. The SMILES string of the molecule is O=C(Nc1cc(C(F)(F)F)cc(C(F)(F)F)c1)N[C@H](c1ccccc1)[C@H](NC(=O)c1ccccc1P(c1ccccc1)c1ccccc1)c1ccccc1. The Hall–Kier alpha value is -5.93. The Bertz CT molecular complexity index is 2110. The molecule has 5 nitrogen and oxygen atoms in total. The van der Waals surface area contributed by atoms with Crippen LogP contribution < -0.4 is 31.9 Å². The molecule has 0 unspecified atom stereocenters. The van der Waals surface area contributed by atoms with Crippen LogP contribution in [0, 0.1) is 0 Å². The third-order valence-corrected chi connectivity index (χ3v) is 11.0. The number of anilines is 1. The van der Waals surface area contributed by atoms with Crippen LogP contribution in [-0.4, -0.2) is 11.9 Å². The van der Waals surface area contributed by atoms with Crippen LogP contribution in [0.5, 0.6) is 0 Å². The maximum Gasteiger partial charge on any atom is 0.416 e. The Morgan fingerprint density at radius 3 is 1.37 bits per heavy atom. The molecular weight excluding hydrogens is 723 g/mol. The van der Waals surface area contributed by atoms with E-state index in [9.17, 15) is 35.9 Å². The molecule has 0 aliphatic heterocycles. The lowest BCUT2D eigenvalue weighted by Crippen LogP contribution is -2.43. The summed E-state index contributed by atoms with van der Waals surface area (Å²) in [6.07, 6.45) is -10.2. The molecule has 54 heavy (non-hydrogen) atoms. The fourth-order valence-electron chi connectivity index (χ4n) is 6.04. The van der Waals surface area contributed by atoms with Crippen LogP contribution in [-0.2, 0) is 12.4 Å². The first kappa shape index (κ1) is 37.8. The van der Waals surface area contributed by atoms with E-state index in [1.807, 2.05) is 72.8 Å². The van der Waals surface area contributed by atoms with Gasteiger partial charge >= 0.3 is 18.4 Å². The molecule has 0 aliphatic carbocycles. The van der Waals surface area contributed by atoms with Gasteiger partial charge in [-0.1, -0.05) is 140 Å². The molecule has 274 valence electrons. The van der Waals surface area contributed by atoms with E-state index in [-0.39, 0.29) is 6.07 Å². The van der Waals surface area contributed by atoms with Crippen LogP contribution in [0.4, 0.5) is 36.8 Å². The van der Waals surface area contributed by atoms with Crippen molar-refractivity contribution in [2.45, 2.75) is 24.4 Å². The summed E-state index contributed by atoms with van der Waals surface area (Å²) >= 11 is 0. The number of nitrogens with one attached hydrogen (secondary N) is 3. The summed E-state index contributed by atoms with van der Waals surface area (Å²) in [5, 5.41) is 10.8. The minimum absolute atomic E-state index is 0.0177. The second kappa shape index (κ2) is 16.4. The number of benzene rings is 6. The molecule has 0 spiro atoms. The lowest BCUT2D eigenvalue weighted by atomic mass is 9.93. The number of carbonyl (C=O) groups is 2. The van der Waals surface area contributed by atoms with Crippen LogP contribution in [0.3, 0.4) is 0 Å². The van der Waals surface area contributed by atoms with Gasteiger partial charge in [-0.15, -0.1) is 0 Å². The zero-order chi connectivity index (χ0) is 38.3. The summed E-state index contributed by atoms with van der Waals surface area (Å²) in [5.41, 5.74) is -2.41. The Morgan fingerprint density at radius 2 is 0.907 bits per heavy atom. The van der Waals surface area contributed by atoms with Crippen molar-refractivity contribution in [1.82, 2.24) is 10.6 Å². The van der Waals surface area contributed by atoms with Crippen LogP contribution >= 0.6 is 7.92 Å². The summed E-state index contributed by atoms with van der Waals surface area (Å²) in [6, 6.07) is 41.9. The largest absolute Gasteiger partial charge is 0.416 e. The van der Waals surface area contributed by atoms with Crippen molar-refractivity contribution in [2.24, 2.45) is 0 Å². The summed E-state index contributed by atoms with van der Waals surface area (Å²) in [7, 11) is -1.20. The topological polar surface area (TPSA) is 70.2 Å². The first-order valence-electron chi connectivity index (χ1n) is 16.7. The van der Waals surface area contributed by atoms with Gasteiger partial charge in [-0.3, -0.25) is 4.79 Å². The van der Waals surface area contributed by atoms with Crippen molar-refractivity contribution in [3.8, 4) is 0 Å². The van der Waals surface area contributed by atoms with Gasteiger partial charge in [0.1, 0.15) is 0 Å². The second-order valence-electron chi connectivity index (χ2n) is 12.2. The van der Waals surface area contributed by atoms with Gasteiger partial charge in [-0.25, -0.2) is 4.79 Å². The van der Waals surface area contributed by atoms with Crippen molar-refractivity contribution >= 4 is 41.5 Å². The van der Waals surface area contributed by atoms with Crippen molar-refractivity contribution in [2.75, 3.05) is 5.32 Å². The van der Waals surface area contributed by atoms with E-state index >= 15 is 0 Å². The number of rotatable bonds is 10. The maximum atomic E-state index is 14.5. The van der Waals surface area contributed by atoms with E-state index in [1.54, 1.807) is 72.8 Å². The lowest BCUT2D eigenvalue weighted by Gasteiger charge is -2.31. The molecule has 0 saturated heterocycles. The van der Waals surface area contributed by atoms with Crippen LogP contribution in [0.1, 0.15) is 44.7 Å². The Morgan fingerprint density at radius 1 is 0.500 bits per heavy atom. The van der Waals surface area contributed by atoms with Gasteiger partial charge in [0.15, 0.2) is 0 Å². The molecule has 3 amide bonds. The van der Waals surface area contributed by atoms with Crippen LogP contribution in [0.2, 0.25) is 0 Å². The number of carbonyl (C=O) groups excluding carboxylic acids is 2. The van der Waals surface area contributed by atoms with Crippen molar-refractivity contribution in [1.29, 1.82) is 0 Å². The molecule has 12 heteroatoms. The Balaban J connectivity index is 1.38. The Labute approximate surface area is 308 Å². The molecule has 0 saturated carbocycles. The summed E-state index contributed by atoms with van der Waals surface area (Å²) in [6.45, 7) is 0. The minimum Gasteiger partial charge on any atom is -0.343 e. The third-order valence-electron chi connectivity index (χ3n) is 8.49. The average molecular weight is 756 g/mol. The molecule has 0 radical (unpaired) electrons. The van der Waals surface area contributed by atoms with E-state index in [0.29, 0.717) is 28.8 Å². The van der Waals surface area contributed by atoms with Crippen molar-refractivity contribution in [3.63, 3.8) is 0 Å². The highest BCUT2D eigenvalue weighted by Gasteiger charge is 2.37. The number of hydrogen-bond donors (Lipinski definition) is 3. The number of hydrogen-bond acceptors (Lipinski definition) is 2. The molecule has 0 heterocycles. The number of alkyl halides is 6. The smallest absolute Gasteiger partial charge is 0.343 e. The summed E-state index contributed by atoms with van der Waals surface area (Å²) in [4.78, 5) is 28.1. The molecule has 0 aliphatic rings. The minimum atomic E-state index is -5.11. The number of amides is 3. The van der Waals surface area contributed by atoms with Crippen LogP contribution in [0.25, 0.3) is 0 Å². The van der Waals surface area contributed by atoms with E-state index in [0.717, 1.165) is 15.9 Å². The van der Waals surface area contributed by atoms with Crippen molar-refractivity contribution < 1.29 is 35.9 Å². The van der Waals surface area contributed by atoms with E-state index < -0.39 is 61.1 Å². The monoisotopic (exact) mass is 755 g/mol. The third kappa shape index (κ3) is 9.16. The molecule has 3 N–H and O–H groups in total. The van der Waals surface area contributed by atoms with E-state index in [1.165, 1.54) is 0 Å². The zero-order valence-corrected chi connectivity index (χ0v) is 29.2. The fraction of sp³-hybridized carbons (Fsp3) is 0.0952. The molecule has 6 aromatic carbocycles. The van der Waals surface area contributed by atoms with Gasteiger partial charge < -0.3 is 16.0 Å². The number of halogens is 6. The second-order valence-corrected chi connectivity index (χ2v) is 14.4.